The molecule has 0 aliphatic carbocycles. The molecule has 2 heterocycles. The lowest BCUT2D eigenvalue weighted by atomic mass is 10.3. The fourth-order valence-corrected chi connectivity index (χ4v) is 2.90. The summed E-state index contributed by atoms with van der Waals surface area (Å²) in [4.78, 5) is 23.0. The average molecular weight is 406 g/mol. The molecule has 0 unspecified atom stereocenters. The Balaban J connectivity index is 1.59. The lowest BCUT2D eigenvalue weighted by Gasteiger charge is -2.08. The molecule has 30 heavy (non-hydrogen) atoms. The van der Waals surface area contributed by atoms with Gasteiger partial charge in [0.05, 0.1) is 16.3 Å². The van der Waals surface area contributed by atoms with Crippen molar-refractivity contribution in [2.24, 2.45) is 0 Å². The van der Waals surface area contributed by atoms with Gasteiger partial charge in [-0.2, -0.15) is 10.2 Å². The third-order valence-corrected chi connectivity index (χ3v) is 4.30. The van der Waals surface area contributed by atoms with Crippen LogP contribution in [-0.4, -0.2) is 30.4 Å². The van der Waals surface area contributed by atoms with Crippen molar-refractivity contribution in [3.63, 3.8) is 0 Å². The van der Waals surface area contributed by atoms with Crippen molar-refractivity contribution in [3.05, 3.63) is 94.2 Å². The van der Waals surface area contributed by atoms with Gasteiger partial charge in [0.25, 0.3) is 11.6 Å². The summed E-state index contributed by atoms with van der Waals surface area (Å²) >= 11 is 0. The summed E-state index contributed by atoms with van der Waals surface area (Å²) in [6.45, 7) is 1.75. The molecular formula is C20H15FN6O3. The number of para-hydroxylation sites is 1. The molecule has 0 radical (unpaired) electrons. The number of aryl methyl sites for hydroxylation is 1. The molecule has 0 bridgehead atoms. The van der Waals surface area contributed by atoms with Crippen LogP contribution in [0.2, 0.25) is 0 Å². The predicted octanol–water partition coefficient (Wildman–Crippen LogP) is 3.67. The second-order valence-electron chi connectivity index (χ2n) is 6.41. The van der Waals surface area contributed by atoms with Crippen molar-refractivity contribution in [2.75, 3.05) is 5.32 Å². The van der Waals surface area contributed by atoms with Crippen LogP contribution in [0.3, 0.4) is 0 Å². The van der Waals surface area contributed by atoms with Crippen LogP contribution in [0.4, 0.5) is 15.9 Å². The lowest BCUT2D eigenvalue weighted by Crippen LogP contribution is -2.16. The molecule has 1 amide bonds. The molecule has 0 spiro atoms. The van der Waals surface area contributed by atoms with Gasteiger partial charge < -0.3 is 5.32 Å². The summed E-state index contributed by atoms with van der Waals surface area (Å²) < 4.78 is 16.7. The van der Waals surface area contributed by atoms with Crippen LogP contribution in [0.5, 0.6) is 0 Å². The van der Waals surface area contributed by atoms with E-state index in [0.29, 0.717) is 17.2 Å². The molecule has 0 aliphatic rings. The van der Waals surface area contributed by atoms with Crippen LogP contribution < -0.4 is 5.32 Å². The Hall–Kier alpha value is -4.34. The molecule has 2 aromatic heterocycles. The van der Waals surface area contributed by atoms with Gasteiger partial charge in [-0.1, -0.05) is 12.1 Å². The molecule has 0 aliphatic heterocycles. The Morgan fingerprint density at radius 1 is 1.10 bits per heavy atom. The molecular weight excluding hydrogens is 391 g/mol. The number of anilines is 1. The molecule has 0 atom stereocenters. The normalized spacial score (nSPS) is 10.7. The number of benzene rings is 2. The number of carbonyl (C=O) groups excluding carboxylic acids is 1. The molecule has 0 saturated carbocycles. The number of hydrogen-bond acceptors (Lipinski definition) is 5. The fraction of sp³-hybridized carbons (Fsp3) is 0.0500. The van der Waals surface area contributed by atoms with Crippen molar-refractivity contribution in [1.82, 2.24) is 19.6 Å². The number of nitro benzene ring substituents is 1. The second-order valence-corrected chi connectivity index (χ2v) is 6.41. The van der Waals surface area contributed by atoms with Gasteiger partial charge >= 0.3 is 0 Å². The van der Waals surface area contributed by atoms with Crippen molar-refractivity contribution >= 4 is 17.4 Å². The average Bonchev–Trinajstić information content (AvgIpc) is 3.35. The number of halogens is 1. The maximum atomic E-state index is 13.9. The highest BCUT2D eigenvalue weighted by atomic mass is 19.1. The smallest absolute Gasteiger partial charge is 0.277 e. The van der Waals surface area contributed by atoms with Gasteiger partial charge in [-0.15, -0.1) is 0 Å². The Bertz CT molecular complexity index is 1250. The number of non-ortho nitro benzene ring substituents is 1. The number of hydrogen-bond donors (Lipinski definition) is 1. The first-order chi connectivity index (χ1) is 14.4. The molecule has 2 aromatic carbocycles. The van der Waals surface area contributed by atoms with Crippen LogP contribution in [0.1, 0.15) is 16.2 Å². The maximum absolute atomic E-state index is 13.9. The number of nitrogens with zero attached hydrogens (tertiary/aromatic N) is 5. The first-order valence-corrected chi connectivity index (χ1v) is 8.86. The molecule has 0 saturated heterocycles. The zero-order chi connectivity index (χ0) is 21.3. The Labute approximate surface area is 169 Å². The van der Waals surface area contributed by atoms with Crippen LogP contribution >= 0.6 is 0 Å². The number of aromatic nitrogens is 4. The third kappa shape index (κ3) is 3.65. The molecule has 4 aromatic rings. The van der Waals surface area contributed by atoms with E-state index in [1.54, 1.807) is 31.2 Å². The van der Waals surface area contributed by atoms with Crippen LogP contribution in [0.25, 0.3) is 11.4 Å². The third-order valence-electron chi connectivity index (χ3n) is 4.30. The highest BCUT2D eigenvalue weighted by molar-refractivity contribution is 6.02. The largest absolute Gasteiger partial charge is 0.305 e. The number of amides is 1. The maximum Gasteiger partial charge on any atom is 0.277 e. The van der Waals surface area contributed by atoms with E-state index in [-0.39, 0.29) is 17.1 Å². The SMILES string of the molecule is Cc1cc(NC(=O)c2ccn(-c3ccccc3F)n2)n(-c2ccc([N+](=O)[O-])cc2)n1. The molecule has 0 fully saturated rings. The Kier molecular flexibility index (Phi) is 4.80. The second kappa shape index (κ2) is 7.59. The summed E-state index contributed by atoms with van der Waals surface area (Å²) in [5, 5.41) is 22.0. The summed E-state index contributed by atoms with van der Waals surface area (Å²) in [7, 11) is 0. The number of rotatable bonds is 5. The van der Waals surface area contributed by atoms with Gasteiger partial charge in [0.1, 0.15) is 17.3 Å². The van der Waals surface area contributed by atoms with E-state index in [4.69, 9.17) is 0 Å². The zero-order valence-corrected chi connectivity index (χ0v) is 15.7. The lowest BCUT2D eigenvalue weighted by molar-refractivity contribution is -0.384. The predicted molar refractivity (Wildman–Crippen MR) is 106 cm³/mol. The van der Waals surface area contributed by atoms with Crippen molar-refractivity contribution < 1.29 is 14.1 Å². The zero-order valence-electron chi connectivity index (χ0n) is 15.7. The van der Waals surface area contributed by atoms with E-state index in [2.05, 4.69) is 15.5 Å². The molecule has 1 N–H and O–H groups in total. The van der Waals surface area contributed by atoms with Crippen LogP contribution in [0, 0.1) is 22.9 Å². The van der Waals surface area contributed by atoms with Crippen molar-refractivity contribution in [1.29, 1.82) is 0 Å². The highest BCUT2D eigenvalue weighted by Crippen LogP contribution is 2.21. The summed E-state index contributed by atoms with van der Waals surface area (Å²) in [6.07, 6.45) is 1.49. The van der Waals surface area contributed by atoms with E-state index >= 15 is 0 Å². The molecule has 4 rings (SSSR count). The first kappa shape index (κ1) is 19.0. The summed E-state index contributed by atoms with van der Waals surface area (Å²) in [5.41, 5.74) is 1.45. The first-order valence-electron chi connectivity index (χ1n) is 8.86. The van der Waals surface area contributed by atoms with Crippen molar-refractivity contribution in [3.8, 4) is 11.4 Å². The van der Waals surface area contributed by atoms with Gasteiger partial charge in [-0.3, -0.25) is 14.9 Å². The highest BCUT2D eigenvalue weighted by Gasteiger charge is 2.16. The van der Waals surface area contributed by atoms with Crippen LogP contribution in [0.15, 0.2) is 66.9 Å². The van der Waals surface area contributed by atoms with E-state index in [0.717, 1.165) is 0 Å². The number of carbonyl (C=O) groups is 1. The number of nitro groups is 1. The topological polar surface area (TPSA) is 108 Å². The Morgan fingerprint density at radius 2 is 1.83 bits per heavy atom. The summed E-state index contributed by atoms with van der Waals surface area (Å²) in [5.74, 6) is -0.598. The Morgan fingerprint density at radius 3 is 2.53 bits per heavy atom. The minimum Gasteiger partial charge on any atom is -0.305 e. The molecule has 150 valence electrons. The van der Waals surface area contributed by atoms with E-state index in [9.17, 15) is 19.3 Å². The number of nitrogens with one attached hydrogen (secondary N) is 1. The monoisotopic (exact) mass is 406 g/mol. The van der Waals surface area contributed by atoms with E-state index in [1.165, 1.54) is 52.0 Å². The minimum absolute atomic E-state index is 0.0492. The van der Waals surface area contributed by atoms with Gasteiger partial charge in [-0.05, 0) is 37.3 Å². The minimum atomic E-state index is -0.506. The van der Waals surface area contributed by atoms with Gasteiger partial charge in [0.15, 0.2) is 5.69 Å². The standard InChI is InChI=1S/C20H15FN6O3/c1-13-12-19(26(23-13)14-6-8-15(9-7-14)27(29)30)22-20(28)17-10-11-25(24-17)18-5-3-2-4-16(18)21/h2-12H,1H3,(H,22,28). The van der Waals surface area contributed by atoms with Gasteiger partial charge in [0, 0.05) is 24.4 Å². The fourth-order valence-electron chi connectivity index (χ4n) is 2.90. The van der Waals surface area contributed by atoms with E-state index in [1.807, 2.05) is 0 Å². The van der Waals surface area contributed by atoms with Gasteiger partial charge in [0.2, 0.25) is 0 Å². The van der Waals surface area contributed by atoms with Crippen molar-refractivity contribution in [2.45, 2.75) is 6.92 Å². The van der Waals surface area contributed by atoms with Gasteiger partial charge in [-0.25, -0.2) is 13.8 Å². The molecule has 9 nitrogen and oxygen atoms in total. The molecule has 10 heteroatoms. The van der Waals surface area contributed by atoms with E-state index < -0.39 is 16.6 Å². The summed E-state index contributed by atoms with van der Waals surface area (Å²) in [6, 6.07) is 15.0. The quantitative estimate of drug-likeness (QED) is 0.402. The van der Waals surface area contributed by atoms with Crippen LogP contribution in [-0.2, 0) is 0 Å².